The summed E-state index contributed by atoms with van der Waals surface area (Å²) in [6, 6.07) is 17.4. The molecule has 0 aliphatic rings. The minimum atomic E-state index is -2.11. The maximum absolute atomic E-state index is 15.6. The quantitative estimate of drug-likeness (QED) is 0.00840. The lowest BCUT2D eigenvalue weighted by Gasteiger charge is -2.33. The fourth-order valence-electron chi connectivity index (χ4n) is 12.4. The number of Topliss-reactive ketones (excluding diaryl/α,β-unsaturated/α-hetero) is 4. The highest BCUT2D eigenvalue weighted by Crippen LogP contribution is 2.33. The average molecular weight is 1550 g/mol. The second kappa shape index (κ2) is 43.8. The molecule has 34 heteroatoms. The number of nitrogens with one attached hydrogen (secondary N) is 8. The van der Waals surface area contributed by atoms with Gasteiger partial charge in [-0.3, -0.25) is 57.5 Å². The molecular formula is C78H101FN16O17. The van der Waals surface area contributed by atoms with Gasteiger partial charge in [0, 0.05) is 80.8 Å². The van der Waals surface area contributed by atoms with Crippen LogP contribution in [0.2, 0.25) is 0 Å². The topological polar surface area (TPSA) is 525 Å². The molecule has 14 N–H and O–H groups in total. The molecular weight excluding hydrogens is 1450 g/mol. The van der Waals surface area contributed by atoms with Crippen LogP contribution in [-0.2, 0) is 96.1 Å². The minimum absolute atomic E-state index is 0.0142. The number of tetrazole rings is 1. The highest BCUT2D eigenvalue weighted by molar-refractivity contribution is 6.06. The van der Waals surface area contributed by atoms with E-state index in [0.717, 1.165) is 53.4 Å². The number of carboxylic acids is 1. The first-order valence-electron chi connectivity index (χ1n) is 37.0. The minimum Gasteiger partial charge on any atom is -0.494 e. The van der Waals surface area contributed by atoms with Crippen molar-refractivity contribution < 1.29 is 87.1 Å². The van der Waals surface area contributed by atoms with Gasteiger partial charge in [0.15, 0.2) is 29.0 Å². The number of benzene rings is 4. The number of aliphatic carboxylic acids is 1. The third-order valence-corrected chi connectivity index (χ3v) is 19.2. The maximum atomic E-state index is 15.6. The predicted molar refractivity (Wildman–Crippen MR) is 405 cm³/mol. The Morgan fingerprint density at radius 1 is 0.705 bits per heavy atom. The molecule has 0 aliphatic carbocycles. The summed E-state index contributed by atoms with van der Waals surface area (Å²) in [5.74, 6) is -15.3. The van der Waals surface area contributed by atoms with Crippen molar-refractivity contribution in [3.05, 3.63) is 159 Å². The van der Waals surface area contributed by atoms with E-state index in [1.54, 1.807) is 18.3 Å². The number of carboxylic acid groups (broad SMARTS) is 1. The van der Waals surface area contributed by atoms with Crippen molar-refractivity contribution in [2.75, 3.05) is 26.3 Å². The number of nitrogens with zero attached hydrogens (tertiary/aromatic N) is 7. The van der Waals surface area contributed by atoms with E-state index in [4.69, 9.17) is 16.0 Å². The summed E-state index contributed by atoms with van der Waals surface area (Å²) in [5, 5.41) is 75.0. The van der Waals surface area contributed by atoms with Crippen LogP contribution in [0.25, 0.3) is 21.6 Å². The first-order valence-corrected chi connectivity index (χ1v) is 37.0. The molecule has 6 aromatic rings. The van der Waals surface area contributed by atoms with Crippen molar-refractivity contribution in [1.29, 1.82) is 0 Å². The van der Waals surface area contributed by atoms with Gasteiger partial charge in [0.25, 0.3) is 0 Å². The number of ketones is 4. The second-order valence-electron chi connectivity index (χ2n) is 28.7. The number of aliphatic hydroxyl groups is 3. The summed E-state index contributed by atoms with van der Waals surface area (Å²) < 4.78 is 21.5. The average Bonchev–Trinajstić information content (AvgIpc) is 0.827. The van der Waals surface area contributed by atoms with Crippen LogP contribution in [-0.4, -0.2) is 190 Å². The smallest absolute Gasteiger partial charge is 0.305 e. The molecule has 0 unspecified atom stereocenters. The zero-order valence-corrected chi connectivity index (χ0v) is 63.8. The largest absolute Gasteiger partial charge is 0.494 e. The number of carbonyl (C=O) groups excluding carboxylic acids is 11. The molecule has 0 bridgehead atoms. The molecule has 2 heterocycles. The lowest BCUT2D eigenvalue weighted by molar-refractivity contribution is -0.143. The Kier molecular flexibility index (Phi) is 35.0. The number of ether oxygens (including phenoxy) is 1. The molecule has 4 aromatic carbocycles. The summed E-state index contributed by atoms with van der Waals surface area (Å²) in [6.07, 6.45) is -3.04. The Morgan fingerprint density at radius 2 is 1.38 bits per heavy atom. The summed E-state index contributed by atoms with van der Waals surface area (Å²) in [6.45, 7) is 9.80. The normalized spacial score (nSPS) is 14.3. The molecule has 10 atom stereocenters. The molecule has 112 heavy (non-hydrogen) atoms. The molecule has 0 aliphatic heterocycles. The van der Waals surface area contributed by atoms with Crippen LogP contribution in [0.3, 0.4) is 0 Å². The predicted octanol–water partition coefficient (Wildman–Crippen LogP) is 4.11. The zero-order valence-electron chi connectivity index (χ0n) is 63.8. The Labute approximate surface area is 646 Å². The highest BCUT2D eigenvalue weighted by atomic mass is 19.1. The number of aromatic amines is 2. The summed E-state index contributed by atoms with van der Waals surface area (Å²) in [4.78, 5) is 177. The zero-order chi connectivity index (χ0) is 82.2. The number of hydrogen-bond donors (Lipinski definition) is 13. The van der Waals surface area contributed by atoms with Crippen LogP contribution in [0.15, 0.2) is 109 Å². The molecule has 0 fully saturated rings. The molecule has 602 valence electrons. The molecule has 0 saturated carbocycles. The number of halogens is 1. The summed E-state index contributed by atoms with van der Waals surface area (Å²) >= 11 is 0. The lowest BCUT2D eigenvalue weighted by atomic mass is 9.76. The summed E-state index contributed by atoms with van der Waals surface area (Å²) in [7, 11) is 0. The standard InChI is InChI=1S/C78H101FN16O17/c1-8-50-35-56(112-33-12-11-31-85-93-81)26-27-57(50)51-24-22-49(23-25-51)34-53(72(107)86-59(71(80)106)17-13-14-48-20-18-45(2)19-21-48)36-63(100)61(39-68(104)105)87-73(108)54(43-96)37-64(101)69(46(3)97)90-76(111)78(7,40-52-15-9-10-16-58(52)79)41-65(102)70(47(4)98)89-67(103)29-28-62(99)60(38-66-91-94-95-92-66)88-75(110)77(5,6)74(109)83-32-30-55-42-82-44-84-55/h9-10,15-16,18-27,35,42,44,46-47,53-54,59-61,69-70,96-98H,8,11-14,17,28-34,36-41,43H2,1-7H3,(H2,80,106)(H,82,84)(H,83,109)(H,86,107)(H,87,108)(H,88,110)(H,89,103)(H,90,111)(H,104,105)(H,91,92,94,95)/t46-,47-,53-,54+,59+,60+,61+,69+,70+,78-/m1/s1. The SMILES string of the molecule is CCc1cc(OCCCCN=[N+]=[N-])ccc1-c1ccc(C[C@H](CC(=O)[C@H](CC(=O)O)NC(=O)[C@H](CO)CC(=O)[C@@H](NC(=O)[C@@](C)(CC(=O)[C@@H](NC(=O)CCC(=O)[C@H](Cc2nn[nH]n2)NC(=O)C(C)(C)C(=O)NCCc2cnc[nH]2)[C@@H](C)O)Cc2ccccc2F)[C@@H](C)O)C(=O)N[C@@H](CCCc2ccc(C)cc2)C(N)=O)cc1. The van der Waals surface area contributed by atoms with Crippen LogP contribution in [0.4, 0.5) is 4.39 Å². The number of aromatic nitrogens is 6. The molecule has 0 spiro atoms. The van der Waals surface area contributed by atoms with E-state index in [2.05, 4.69) is 72.5 Å². The number of aliphatic hydroxyl groups excluding tert-OH is 3. The van der Waals surface area contributed by atoms with Crippen molar-refractivity contribution >= 4 is 70.5 Å². The van der Waals surface area contributed by atoms with E-state index in [9.17, 15) is 78.0 Å². The van der Waals surface area contributed by atoms with Crippen LogP contribution < -0.4 is 42.4 Å². The van der Waals surface area contributed by atoms with Crippen molar-refractivity contribution in [1.82, 2.24) is 62.5 Å². The van der Waals surface area contributed by atoms with Crippen molar-refractivity contribution in [3.8, 4) is 16.9 Å². The number of carbonyl (C=O) groups is 12. The van der Waals surface area contributed by atoms with Crippen LogP contribution in [0, 0.1) is 35.4 Å². The van der Waals surface area contributed by atoms with E-state index in [0.29, 0.717) is 63.0 Å². The molecule has 33 nitrogen and oxygen atoms in total. The van der Waals surface area contributed by atoms with Gasteiger partial charge >= 0.3 is 5.97 Å². The van der Waals surface area contributed by atoms with Crippen LogP contribution in [0.1, 0.15) is 145 Å². The Balaban J connectivity index is 1.16. The molecule has 0 saturated heterocycles. The number of hydrogen-bond acceptors (Lipinski definition) is 21. The van der Waals surface area contributed by atoms with Gasteiger partial charge in [0.1, 0.15) is 35.1 Å². The van der Waals surface area contributed by atoms with Gasteiger partial charge < -0.3 is 67.8 Å². The monoisotopic (exact) mass is 1550 g/mol. The number of azide groups is 1. The third kappa shape index (κ3) is 27.8. The third-order valence-electron chi connectivity index (χ3n) is 19.2. The fraction of sp³-hybridized carbons (Fsp3) is 0.487. The number of rotatable bonds is 50. The first kappa shape index (κ1) is 89.4. The van der Waals surface area contributed by atoms with Gasteiger partial charge in [0.05, 0.1) is 61.6 Å². The van der Waals surface area contributed by atoms with Gasteiger partial charge in [-0.05, 0) is 143 Å². The fourth-order valence-corrected chi connectivity index (χ4v) is 12.4. The first-order chi connectivity index (χ1) is 53.2. The van der Waals surface area contributed by atoms with Gasteiger partial charge in [-0.2, -0.15) is 5.21 Å². The lowest BCUT2D eigenvalue weighted by Crippen LogP contribution is -2.55. The molecule has 2 aromatic heterocycles. The van der Waals surface area contributed by atoms with E-state index in [-0.39, 0.29) is 37.2 Å². The van der Waals surface area contributed by atoms with Gasteiger partial charge in [0.2, 0.25) is 41.4 Å². The number of primary amides is 1. The van der Waals surface area contributed by atoms with Gasteiger partial charge in [-0.15, -0.1) is 10.2 Å². The maximum Gasteiger partial charge on any atom is 0.305 e. The van der Waals surface area contributed by atoms with Crippen LogP contribution >= 0.6 is 0 Å². The van der Waals surface area contributed by atoms with Crippen molar-refractivity contribution in [2.45, 2.75) is 194 Å². The number of amides is 7. The Hall–Kier alpha value is -11.5. The van der Waals surface area contributed by atoms with E-state index < -0.39 is 193 Å². The molecule has 0 radical (unpaired) electrons. The Bertz CT molecular complexity index is 4250. The van der Waals surface area contributed by atoms with E-state index in [1.807, 2.05) is 68.4 Å². The van der Waals surface area contributed by atoms with E-state index in [1.165, 1.54) is 45.3 Å². The number of aryl methyl sites for hydroxylation is 3. The number of imidazole rings is 1. The van der Waals surface area contributed by atoms with Crippen molar-refractivity contribution in [3.63, 3.8) is 0 Å². The number of nitrogens with two attached hydrogens (primary N) is 1. The highest BCUT2D eigenvalue weighted by Gasteiger charge is 2.44. The second-order valence-corrected chi connectivity index (χ2v) is 28.7. The van der Waals surface area contributed by atoms with Gasteiger partial charge in [-0.25, -0.2) is 9.37 Å². The number of H-pyrrole nitrogens is 2. The molecule has 6 rings (SSSR count). The van der Waals surface area contributed by atoms with E-state index >= 15 is 4.39 Å². The number of unbranched alkanes of at least 4 members (excludes halogenated alkanes) is 1. The van der Waals surface area contributed by atoms with Crippen LogP contribution in [0.5, 0.6) is 5.75 Å². The van der Waals surface area contributed by atoms with Gasteiger partial charge in [-0.1, -0.05) is 103 Å². The Morgan fingerprint density at radius 3 is 2.00 bits per heavy atom. The summed E-state index contributed by atoms with van der Waals surface area (Å²) in [5.41, 5.74) is 16.4. The molecule has 7 amide bonds. The van der Waals surface area contributed by atoms with Crippen molar-refractivity contribution in [2.24, 2.45) is 33.5 Å².